The summed E-state index contributed by atoms with van der Waals surface area (Å²) >= 11 is 0. The van der Waals surface area contributed by atoms with Gasteiger partial charge in [0.15, 0.2) is 0 Å². The smallest absolute Gasteiger partial charge is 0.234 e. The molecule has 0 bridgehead atoms. The van der Waals surface area contributed by atoms with Crippen molar-refractivity contribution in [2.24, 2.45) is 5.92 Å². The number of carbonyl (C=O) groups excluding carboxylic acids is 1. The third kappa shape index (κ3) is 6.67. The molecule has 2 rings (SSSR count). The van der Waals surface area contributed by atoms with Crippen LogP contribution in [0.4, 0.5) is 4.39 Å². The van der Waals surface area contributed by atoms with Crippen molar-refractivity contribution in [3.63, 3.8) is 0 Å². The highest BCUT2D eigenvalue weighted by Gasteiger charge is 2.19. The van der Waals surface area contributed by atoms with E-state index in [-0.39, 0.29) is 11.7 Å². The molecule has 0 spiro atoms. The molecule has 1 aliphatic rings. The van der Waals surface area contributed by atoms with E-state index >= 15 is 0 Å². The predicted octanol–water partition coefficient (Wildman–Crippen LogP) is 1.76. The van der Waals surface area contributed by atoms with Crippen LogP contribution >= 0.6 is 0 Å². The summed E-state index contributed by atoms with van der Waals surface area (Å²) in [6.45, 7) is 10.7. The Hall–Kier alpha value is -1.46. The van der Waals surface area contributed by atoms with Crippen molar-refractivity contribution in [1.29, 1.82) is 0 Å². The molecule has 23 heavy (non-hydrogen) atoms. The van der Waals surface area contributed by atoms with Crippen LogP contribution < -0.4 is 5.32 Å². The zero-order valence-electron chi connectivity index (χ0n) is 14.2. The van der Waals surface area contributed by atoms with Crippen LogP contribution in [0, 0.1) is 11.7 Å². The molecule has 1 heterocycles. The summed E-state index contributed by atoms with van der Waals surface area (Å²) in [6.07, 6.45) is 0.730. The highest BCUT2D eigenvalue weighted by atomic mass is 19.1. The van der Waals surface area contributed by atoms with Crippen molar-refractivity contribution in [3.05, 3.63) is 35.6 Å². The number of rotatable bonds is 7. The van der Waals surface area contributed by atoms with E-state index in [0.29, 0.717) is 19.0 Å². The third-order valence-electron chi connectivity index (χ3n) is 4.10. The maximum Gasteiger partial charge on any atom is 0.234 e. The lowest BCUT2D eigenvalue weighted by molar-refractivity contribution is -0.122. The Labute approximate surface area is 138 Å². The molecule has 0 radical (unpaired) electrons. The quantitative estimate of drug-likeness (QED) is 0.831. The molecule has 1 N–H and O–H groups in total. The number of carbonyl (C=O) groups is 1. The van der Waals surface area contributed by atoms with Gasteiger partial charge in [-0.1, -0.05) is 26.0 Å². The van der Waals surface area contributed by atoms with E-state index in [4.69, 9.17) is 0 Å². The van der Waals surface area contributed by atoms with Crippen LogP contribution in [-0.2, 0) is 11.2 Å². The predicted molar refractivity (Wildman–Crippen MR) is 90.8 cm³/mol. The Morgan fingerprint density at radius 3 is 2.35 bits per heavy atom. The molecular weight excluding hydrogens is 293 g/mol. The maximum atomic E-state index is 12.8. The SMILES string of the molecule is CC(C)CN1CCN(CC(=O)NCCc2ccc(F)cc2)CC1. The van der Waals surface area contributed by atoms with Gasteiger partial charge < -0.3 is 10.2 Å². The zero-order valence-corrected chi connectivity index (χ0v) is 14.2. The number of nitrogens with zero attached hydrogens (tertiary/aromatic N) is 2. The zero-order chi connectivity index (χ0) is 16.7. The van der Waals surface area contributed by atoms with E-state index < -0.39 is 0 Å². The number of piperazine rings is 1. The average Bonchev–Trinajstić information content (AvgIpc) is 2.51. The molecule has 0 aliphatic carbocycles. The van der Waals surface area contributed by atoms with Crippen molar-refractivity contribution < 1.29 is 9.18 Å². The van der Waals surface area contributed by atoms with Crippen molar-refractivity contribution in [2.75, 3.05) is 45.8 Å². The fraction of sp³-hybridized carbons (Fsp3) is 0.611. The number of hydrogen-bond donors (Lipinski definition) is 1. The topological polar surface area (TPSA) is 35.6 Å². The van der Waals surface area contributed by atoms with Crippen LogP contribution in [0.2, 0.25) is 0 Å². The average molecular weight is 321 g/mol. The Bertz CT molecular complexity index is 482. The van der Waals surface area contributed by atoms with Gasteiger partial charge >= 0.3 is 0 Å². The van der Waals surface area contributed by atoms with Gasteiger partial charge in [0.2, 0.25) is 5.91 Å². The van der Waals surface area contributed by atoms with Crippen LogP contribution in [0.1, 0.15) is 19.4 Å². The molecule has 1 aromatic carbocycles. The van der Waals surface area contributed by atoms with Gasteiger partial charge in [-0.05, 0) is 30.0 Å². The summed E-state index contributed by atoms with van der Waals surface area (Å²) in [5.41, 5.74) is 1.04. The standard InChI is InChI=1S/C18H28FN3O/c1-15(2)13-21-9-11-22(12-10-21)14-18(23)20-8-7-16-3-5-17(19)6-4-16/h3-6,15H,7-14H2,1-2H3,(H,20,23). The molecular formula is C18H28FN3O. The second-order valence-corrected chi connectivity index (χ2v) is 6.70. The summed E-state index contributed by atoms with van der Waals surface area (Å²) in [4.78, 5) is 16.7. The normalized spacial score (nSPS) is 16.7. The Morgan fingerprint density at radius 1 is 1.13 bits per heavy atom. The van der Waals surface area contributed by atoms with E-state index in [1.165, 1.54) is 12.1 Å². The summed E-state index contributed by atoms with van der Waals surface area (Å²) in [6, 6.07) is 6.42. The second-order valence-electron chi connectivity index (χ2n) is 6.70. The number of halogens is 1. The molecule has 1 amide bonds. The fourth-order valence-corrected chi connectivity index (χ4v) is 2.90. The van der Waals surface area contributed by atoms with Crippen molar-refractivity contribution in [1.82, 2.24) is 15.1 Å². The largest absolute Gasteiger partial charge is 0.355 e. The van der Waals surface area contributed by atoms with Crippen LogP contribution in [0.3, 0.4) is 0 Å². The van der Waals surface area contributed by atoms with Crippen molar-refractivity contribution in [3.8, 4) is 0 Å². The minimum atomic E-state index is -0.227. The van der Waals surface area contributed by atoms with E-state index in [0.717, 1.165) is 44.7 Å². The van der Waals surface area contributed by atoms with Gasteiger partial charge in [0.05, 0.1) is 6.54 Å². The minimum absolute atomic E-state index is 0.0735. The van der Waals surface area contributed by atoms with Gasteiger partial charge in [-0.25, -0.2) is 4.39 Å². The molecule has 5 heteroatoms. The van der Waals surface area contributed by atoms with E-state index in [2.05, 4.69) is 29.0 Å². The summed E-state index contributed by atoms with van der Waals surface area (Å²) in [7, 11) is 0. The fourth-order valence-electron chi connectivity index (χ4n) is 2.90. The molecule has 4 nitrogen and oxygen atoms in total. The van der Waals surface area contributed by atoms with Crippen LogP contribution in [0.25, 0.3) is 0 Å². The highest BCUT2D eigenvalue weighted by molar-refractivity contribution is 5.78. The first-order valence-electron chi connectivity index (χ1n) is 8.49. The van der Waals surface area contributed by atoms with Gasteiger partial charge in [0, 0.05) is 39.3 Å². The first-order chi connectivity index (χ1) is 11.0. The lowest BCUT2D eigenvalue weighted by Crippen LogP contribution is -2.50. The lowest BCUT2D eigenvalue weighted by Gasteiger charge is -2.35. The van der Waals surface area contributed by atoms with Gasteiger partial charge in [0.1, 0.15) is 5.82 Å². The Kier molecular flexibility index (Phi) is 6.99. The highest BCUT2D eigenvalue weighted by Crippen LogP contribution is 2.05. The molecule has 1 saturated heterocycles. The maximum absolute atomic E-state index is 12.8. The molecule has 1 fully saturated rings. The molecule has 1 aliphatic heterocycles. The number of nitrogens with one attached hydrogen (secondary N) is 1. The van der Waals surface area contributed by atoms with Crippen LogP contribution in [0.15, 0.2) is 24.3 Å². The number of hydrogen-bond acceptors (Lipinski definition) is 3. The summed E-state index contributed by atoms with van der Waals surface area (Å²) < 4.78 is 12.8. The lowest BCUT2D eigenvalue weighted by atomic mass is 10.1. The summed E-state index contributed by atoms with van der Waals surface area (Å²) in [5.74, 6) is 0.537. The second kappa shape index (κ2) is 8.99. The molecule has 0 atom stereocenters. The van der Waals surface area contributed by atoms with Crippen molar-refractivity contribution in [2.45, 2.75) is 20.3 Å². The molecule has 128 valence electrons. The Morgan fingerprint density at radius 2 is 1.74 bits per heavy atom. The van der Waals surface area contributed by atoms with Crippen LogP contribution in [0.5, 0.6) is 0 Å². The van der Waals surface area contributed by atoms with Gasteiger partial charge in [-0.2, -0.15) is 0 Å². The van der Waals surface area contributed by atoms with E-state index in [1.807, 2.05) is 0 Å². The molecule has 0 unspecified atom stereocenters. The monoisotopic (exact) mass is 321 g/mol. The third-order valence-corrected chi connectivity index (χ3v) is 4.10. The summed E-state index contributed by atoms with van der Waals surface area (Å²) in [5, 5.41) is 2.95. The van der Waals surface area contributed by atoms with Gasteiger partial charge in [-0.15, -0.1) is 0 Å². The minimum Gasteiger partial charge on any atom is -0.355 e. The van der Waals surface area contributed by atoms with Crippen LogP contribution in [-0.4, -0.2) is 61.5 Å². The molecule has 0 aromatic heterocycles. The van der Waals surface area contributed by atoms with Gasteiger partial charge in [0.25, 0.3) is 0 Å². The molecule has 0 saturated carbocycles. The first kappa shape index (κ1) is 17.9. The van der Waals surface area contributed by atoms with Crippen molar-refractivity contribution >= 4 is 5.91 Å². The van der Waals surface area contributed by atoms with E-state index in [1.54, 1.807) is 12.1 Å². The first-order valence-corrected chi connectivity index (χ1v) is 8.49. The molecule has 1 aromatic rings. The van der Waals surface area contributed by atoms with E-state index in [9.17, 15) is 9.18 Å². The number of amides is 1. The Balaban J connectivity index is 1.61. The number of benzene rings is 1. The van der Waals surface area contributed by atoms with Gasteiger partial charge in [-0.3, -0.25) is 9.69 Å².